The molecule has 1 heterocycles. The van der Waals surface area contributed by atoms with E-state index in [9.17, 15) is 45.0 Å². The molecule has 45 heavy (non-hydrogen) atoms. The van der Waals surface area contributed by atoms with Crippen molar-refractivity contribution in [3.63, 3.8) is 0 Å². The zero-order chi connectivity index (χ0) is 32.6. The Morgan fingerprint density at radius 1 is 0.933 bits per heavy atom. The van der Waals surface area contributed by atoms with E-state index < -0.39 is 73.6 Å². The topological polar surface area (TPSA) is 218 Å². The molecule has 0 aromatic heterocycles. The molecule has 0 aliphatic carbocycles. The smallest absolute Gasteiger partial charge is 0.246 e. The van der Waals surface area contributed by atoms with Gasteiger partial charge in [-0.1, -0.05) is 66.7 Å². The minimum Gasteiger partial charge on any atom is -0.544 e. The molecule has 3 aromatic rings. The van der Waals surface area contributed by atoms with Crippen molar-refractivity contribution in [2.24, 2.45) is 0 Å². The molecule has 13 heteroatoms. The van der Waals surface area contributed by atoms with Gasteiger partial charge in [0.05, 0.1) is 31.3 Å². The van der Waals surface area contributed by atoms with Gasteiger partial charge in [0, 0.05) is 13.0 Å². The number of nitrogens with one attached hydrogen (secondary N) is 2. The first-order valence-electron chi connectivity index (χ1n) is 14.2. The summed E-state index contributed by atoms with van der Waals surface area (Å²) in [5.41, 5.74) is 2.97. The quantitative estimate of drug-likeness (QED) is 0.119. The largest absolute Gasteiger partial charge is 0.544 e. The number of hydrogen-bond donors (Lipinski definition) is 7. The Morgan fingerprint density at radius 2 is 1.56 bits per heavy atom. The fraction of sp³-hybridized carbons (Fsp3) is 0.344. The lowest BCUT2D eigenvalue weighted by molar-refractivity contribution is -0.383. The zero-order valence-corrected chi connectivity index (χ0v) is 24.1. The third-order valence-corrected chi connectivity index (χ3v) is 7.43. The Labute approximate surface area is 258 Å². The van der Waals surface area contributed by atoms with Crippen molar-refractivity contribution in [2.45, 2.75) is 55.7 Å². The van der Waals surface area contributed by atoms with Crippen LogP contribution in [0.15, 0.2) is 78.9 Å². The second kappa shape index (κ2) is 15.1. The van der Waals surface area contributed by atoms with Crippen molar-refractivity contribution in [3.05, 3.63) is 90.0 Å². The summed E-state index contributed by atoms with van der Waals surface area (Å²) >= 11 is 0. The zero-order valence-electron chi connectivity index (χ0n) is 24.1. The van der Waals surface area contributed by atoms with Gasteiger partial charge in [-0.2, -0.15) is 0 Å². The first-order chi connectivity index (χ1) is 21.5. The first-order valence-corrected chi connectivity index (χ1v) is 14.2. The number of aliphatic hydroxyl groups is 4. The number of aliphatic hydroxyl groups excluding tert-OH is 4. The van der Waals surface area contributed by atoms with E-state index in [1.54, 1.807) is 66.7 Å². The Kier molecular flexibility index (Phi) is 11.2. The third-order valence-electron chi connectivity index (χ3n) is 7.43. The molecule has 1 aliphatic rings. The van der Waals surface area contributed by atoms with Crippen LogP contribution < -0.4 is 15.7 Å². The highest BCUT2D eigenvalue weighted by molar-refractivity contribution is 5.79. The number of phenolic OH excluding ortho intramolecular Hbond substituents is 1. The number of carboxylic acid groups (broad SMARTS) is 1. The predicted octanol–water partition coefficient (Wildman–Crippen LogP) is -1.27. The third kappa shape index (κ3) is 8.63. The Morgan fingerprint density at radius 3 is 2.16 bits per heavy atom. The molecular formula is C32H35N2O11-. The first kappa shape index (κ1) is 33.5. The number of carboxylic acids is 1. The van der Waals surface area contributed by atoms with Crippen LogP contribution in [-0.4, -0.2) is 92.7 Å². The van der Waals surface area contributed by atoms with Crippen LogP contribution in [0.3, 0.4) is 0 Å². The van der Waals surface area contributed by atoms with E-state index >= 15 is 0 Å². The number of aromatic hydroxyl groups is 1. The molecular weight excluding hydrogens is 588 g/mol. The second-order valence-electron chi connectivity index (χ2n) is 10.7. The number of phenols is 1. The van der Waals surface area contributed by atoms with Crippen molar-refractivity contribution >= 4 is 17.8 Å². The van der Waals surface area contributed by atoms with E-state index in [-0.39, 0.29) is 18.8 Å². The number of benzene rings is 3. The van der Waals surface area contributed by atoms with Gasteiger partial charge in [-0.15, -0.1) is 0 Å². The van der Waals surface area contributed by atoms with E-state index in [1.807, 2.05) is 12.1 Å². The summed E-state index contributed by atoms with van der Waals surface area (Å²) in [5, 5.41) is 68.4. The fourth-order valence-corrected chi connectivity index (χ4v) is 4.99. The average molecular weight is 624 g/mol. The Bertz CT molecular complexity index is 1440. The maximum atomic E-state index is 12.6. The van der Waals surface area contributed by atoms with Crippen LogP contribution in [0.2, 0.25) is 0 Å². The lowest BCUT2D eigenvalue weighted by atomic mass is 9.88. The molecule has 3 aromatic carbocycles. The summed E-state index contributed by atoms with van der Waals surface area (Å²) in [7, 11) is 0. The summed E-state index contributed by atoms with van der Waals surface area (Å²) in [6, 6.07) is 20.7. The Hall–Kier alpha value is -4.37. The number of amides is 2. The molecule has 2 amide bonds. The molecule has 0 saturated carbocycles. The number of carbonyl (C=O) groups excluding carboxylic acids is 3. The highest BCUT2D eigenvalue weighted by Crippen LogP contribution is 2.34. The van der Waals surface area contributed by atoms with Gasteiger partial charge in [-0.05, 0) is 34.4 Å². The summed E-state index contributed by atoms with van der Waals surface area (Å²) in [6.07, 6.45) is -7.91. The fourth-order valence-electron chi connectivity index (χ4n) is 4.99. The lowest BCUT2D eigenvalue weighted by Gasteiger charge is -2.49. The molecule has 7 N–H and O–H groups in total. The molecule has 240 valence electrons. The van der Waals surface area contributed by atoms with Gasteiger partial charge >= 0.3 is 0 Å². The molecule has 4 rings (SSSR count). The average Bonchev–Trinajstić information content (AvgIpc) is 3.04. The number of ether oxygens (including phenoxy) is 2. The number of carbonyl (C=O) groups is 3. The van der Waals surface area contributed by atoms with E-state index in [0.717, 1.165) is 11.1 Å². The summed E-state index contributed by atoms with van der Waals surface area (Å²) in [6.45, 7) is -1.74. The summed E-state index contributed by atoms with van der Waals surface area (Å²) in [5.74, 6) is -5.74. The van der Waals surface area contributed by atoms with Crippen molar-refractivity contribution in [1.82, 2.24) is 10.6 Å². The molecule has 0 spiro atoms. The van der Waals surface area contributed by atoms with Gasteiger partial charge in [0.2, 0.25) is 17.6 Å². The number of rotatable bonds is 13. The maximum Gasteiger partial charge on any atom is 0.246 e. The van der Waals surface area contributed by atoms with Gasteiger partial charge in [0.25, 0.3) is 0 Å². The van der Waals surface area contributed by atoms with Crippen LogP contribution >= 0.6 is 0 Å². The molecule has 1 saturated heterocycles. The monoisotopic (exact) mass is 623 g/mol. The standard InChI is InChI=1S/C32H36N2O11/c35-17-27(40)34-28-24(37)15-32(31(42)43,44-18-20-4-2-1-3-5-20)45-30(28)29(41)25(38)16-33-26(39)14-19-6-8-21(9-7-19)22-10-12-23(36)13-11-22/h1-13,24-25,28-30,35-38,41H,14-18H2,(H,33,39)(H,34,40)(H,42,43)/p-1/t24-,25+,28+,29+,30+,32+/m0/s1. The van der Waals surface area contributed by atoms with Gasteiger partial charge in [0.15, 0.2) is 0 Å². The number of hydrogen-bond acceptors (Lipinski definition) is 11. The minimum absolute atomic E-state index is 0.0619. The molecule has 1 fully saturated rings. The van der Waals surface area contributed by atoms with Crippen molar-refractivity contribution < 1.29 is 54.5 Å². The minimum atomic E-state index is -2.57. The van der Waals surface area contributed by atoms with Gasteiger partial charge in [-0.3, -0.25) is 9.59 Å². The van der Waals surface area contributed by atoms with E-state index in [2.05, 4.69) is 10.6 Å². The summed E-state index contributed by atoms with van der Waals surface area (Å²) in [4.78, 5) is 36.9. The second-order valence-corrected chi connectivity index (χ2v) is 10.7. The molecule has 0 bridgehead atoms. The van der Waals surface area contributed by atoms with Crippen LogP contribution in [0.4, 0.5) is 0 Å². The van der Waals surface area contributed by atoms with Crippen LogP contribution in [0, 0.1) is 0 Å². The Balaban J connectivity index is 1.42. The molecule has 6 atom stereocenters. The summed E-state index contributed by atoms with van der Waals surface area (Å²) < 4.78 is 11.2. The molecule has 0 radical (unpaired) electrons. The van der Waals surface area contributed by atoms with Gasteiger partial charge in [0.1, 0.15) is 30.5 Å². The highest BCUT2D eigenvalue weighted by Gasteiger charge is 2.52. The van der Waals surface area contributed by atoms with Crippen LogP contribution in [0.25, 0.3) is 11.1 Å². The van der Waals surface area contributed by atoms with Gasteiger partial charge < -0.3 is 55.5 Å². The van der Waals surface area contributed by atoms with E-state index in [1.165, 1.54) is 0 Å². The van der Waals surface area contributed by atoms with Crippen molar-refractivity contribution in [2.75, 3.05) is 13.2 Å². The maximum absolute atomic E-state index is 12.6. The SMILES string of the molecule is O=C(Cc1ccc(-c2ccc(O)cc2)cc1)NC[C@@H](O)[C@@H](O)[C@@H]1O[C@@](OCc2ccccc2)(C(=O)[O-])C[C@H](O)[C@H]1NC(=O)CO. The molecule has 13 nitrogen and oxygen atoms in total. The van der Waals surface area contributed by atoms with Crippen LogP contribution in [0.1, 0.15) is 17.5 Å². The van der Waals surface area contributed by atoms with E-state index in [0.29, 0.717) is 11.1 Å². The van der Waals surface area contributed by atoms with Crippen molar-refractivity contribution in [3.8, 4) is 16.9 Å². The van der Waals surface area contributed by atoms with Crippen molar-refractivity contribution in [1.29, 1.82) is 0 Å². The molecule has 1 aliphatic heterocycles. The number of aliphatic carboxylic acids is 1. The van der Waals surface area contributed by atoms with Crippen LogP contribution in [0.5, 0.6) is 5.75 Å². The van der Waals surface area contributed by atoms with Gasteiger partial charge in [-0.25, -0.2) is 0 Å². The lowest BCUT2D eigenvalue weighted by Crippen LogP contribution is -2.70. The van der Waals surface area contributed by atoms with Crippen LogP contribution in [-0.2, 0) is 36.9 Å². The normalized spacial score (nSPS) is 22.6. The predicted molar refractivity (Wildman–Crippen MR) is 156 cm³/mol. The van der Waals surface area contributed by atoms with E-state index in [4.69, 9.17) is 9.47 Å². The highest BCUT2D eigenvalue weighted by atomic mass is 16.7. The molecule has 0 unspecified atom stereocenters.